The van der Waals surface area contributed by atoms with Gasteiger partial charge < -0.3 is 4.90 Å². The molecule has 1 aliphatic rings. The first-order valence-corrected chi connectivity index (χ1v) is 9.50. The van der Waals surface area contributed by atoms with Crippen molar-refractivity contribution in [3.63, 3.8) is 0 Å². The van der Waals surface area contributed by atoms with Crippen LogP contribution in [0.25, 0.3) is 0 Å². The highest BCUT2D eigenvalue weighted by Crippen LogP contribution is 2.45. The van der Waals surface area contributed by atoms with Crippen LogP contribution in [0.3, 0.4) is 0 Å². The Hall–Kier alpha value is -0.250. The zero-order valence-corrected chi connectivity index (χ0v) is 16.4. The fraction of sp³-hybridized carbons (Fsp3) is 0.684. The summed E-state index contributed by atoms with van der Waals surface area (Å²) < 4.78 is 0.296. The number of hydrogen-bond acceptors (Lipinski definition) is 1. The number of nitrogens with zero attached hydrogens (tertiary/aromatic N) is 1. The van der Waals surface area contributed by atoms with Gasteiger partial charge in [0.15, 0.2) is 0 Å². The molecule has 2 heteroatoms. The van der Waals surface area contributed by atoms with Gasteiger partial charge in [-0.2, -0.15) is 0 Å². The Morgan fingerprint density at radius 1 is 0.952 bits per heavy atom. The highest BCUT2D eigenvalue weighted by atomic mass is 127. The van der Waals surface area contributed by atoms with Crippen LogP contribution in [0, 0.1) is 0 Å². The largest absolute Gasteiger partial charge is 0.360 e. The van der Waals surface area contributed by atoms with Crippen LogP contribution in [0.2, 0.25) is 0 Å². The molecule has 21 heavy (non-hydrogen) atoms. The Balaban J connectivity index is 2.49. The van der Waals surface area contributed by atoms with Crippen LogP contribution in [0.1, 0.15) is 82.8 Å². The summed E-state index contributed by atoms with van der Waals surface area (Å²) >= 11 is 2.73. The molecule has 0 bridgehead atoms. The smallest absolute Gasteiger partial charge is 0.0914 e. The fourth-order valence-electron chi connectivity index (χ4n) is 3.53. The van der Waals surface area contributed by atoms with Gasteiger partial charge in [0.2, 0.25) is 0 Å². The van der Waals surface area contributed by atoms with Gasteiger partial charge in [0.1, 0.15) is 0 Å². The molecule has 0 unspecified atom stereocenters. The van der Waals surface area contributed by atoms with Crippen LogP contribution in [0.15, 0.2) is 18.2 Å². The molecular weight excluding hydrogens is 369 g/mol. The van der Waals surface area contributed by atoms with Gasteiger partial charge in [-0.05, 0) is 35.8 Å². The maximum Gasteiger partial charge on any atom is 0.0914 e. The molecule has 0 aliphatic heterocycles. The van der Waals surface area contributed by atoms with Crippen molar-refractivity contribution in [2.45, 2.75) is 75.2 Å². The summed E-state index contributed by atoms with van der Waals surface area (Å²) in [6.07, 6.45) is 6.77. The molecule has 1 nitrogen and oxygen atoms in total. The first kappa shape index (κ1) is 17.1. The number of halogens is 1. The predicted octanol–water partition coefficient (Wildman–Crippen LogP) is 6.47. The SMILES string of the molecule is CC(C)c1cccc(C(C)C)c1N(C)C1(I)CCCCC1. The van der Waals surface area contributed by atoms with E-state index >= 15 is 0 Å². The molecule has 118 valence electrons. The number of anilines is 1. The van der Waals surface area contributed by atoms with Crippen LogP contribution in [-0.2, 0) is 0 Å². The zero-order valence-electron chi connectivity index (χ0n) is 14.2. The van der Waals surface area contributed by atoms with Crippen molar-refractivity contribution in [1.82, 2.24) is 0 Å². The topological polar surface area (TPSA) is 3.24 Å². The average molecular weight is 399 g/mol. The van der Waals surface area contributed by atoms with Gasteiger partial charge in [0, 0.05) is 12.7 Å². The molecule has 2 rings (SSSR count). The van der Waals surface area contributed by atoms with Crippen LogP contribution in [0.4, 0.5) is 5.69 Å². The molecule has 1 aromatic carbocycles. The lowest BCUT2D eigenvalue weighted by molar-refractivity contribution is 0.410. The first-order chi connectivity index (χ1) is 9.87. The van der Waals surface area contributed by atoms with E-state index in [9.17, 15) is 0 Å². The lowest BCUT2D eigenvalue weighted by Crippen LogP contribution is -2.43. The summed E-state index contributed by atoms with van der Waals surface area (Å²) in [5.74, 6) is 1.15. The molecule has 0 atom stereocenters. The number of rotatable bonds is 4. The summed E-state index contributed by atoms with van der Waals surface area (Å²) in [6.45, 7) is 9.27. The highest BCUT2D eigenvalue weighted by molar-refractivity contribution is 14.1. The molecule has 0 spiro atoms. The van der Waals surface area contributed by atoms with Crippen LogP contribution < -0.4 is 4.90 Å². The Labute approximate surface area is 144 Å². The average Bonchev–Trinajstić information content (AvgIpc) is 2.46. The minimum Gasteiger partial charge on any atom is -0.360 e. The Bertz CT molecular complexity index is 446. The Kier molecular flexibility index (Phi) is 5.61. The molecule has 1 fully saturated rings. The first-order valence-electron chi connectivity index (χ1n) is 8.42. The molecule has 0 radical (unpaired) electrons. The second kappa shape index (κ2) is 6.89. The number of alkyl halides is 1. The lowest BCUT2D eigenvalue weighted by atomic mass is 9.89. The molecule has 0 saturated heterocycles. The van der Waals surface area contributed by atoms with Crippen molar-refractivity contribution in [2.24, 2.45) is 0 Å². The van der Waals surface area contributed by atoms with E-state index < -0.39 is 0 Å². The van der Waals surface area contributed by atoms with Crippen molar-refractivity contribution in [1.29, 1.82) is 0 Å². The van der Waals surface area contributed by atoms with Crippen molar-refractivity contribution in [2.75, 3.05) is 11.9 Å². The van der Waals surface area contributed by atoms with E-state index in [0.717, 1.165) is 0 Å². The maximum atomic E-state index is 2.73. The van der Waals surface area contributed by atoms with E-state index in [1.807, 2.05) is 0 Å². The lowest BCUT2D eigenvalue weighted by Gasteiger charge is -2.44. The van der Waals surface area contributed by atoms with Gasteiger partial charge in [0.05, 0.1) is 3.55 Å². The number of para-hydroxylation sites is 1. The fourth-order valence-corrected chi connectivity index (χ4v) is 4.53. The van der Waals surface area contributed by atoms with E-state index in [1.54, 1.807) is 0 Å². The van der Waals surface area contributed by atoms with Crippen molar-refractivity contribution >= 4 is 28.3 Å². The van der Waals surface area contributed by atoms with E-state index in [0.29, 0.717) is 15.4 Å². The quantitative estimate of drug-likeness (QED) is 0.319. The standard InChI is InChI=1S/C19H30IN/c1-14(2)16-10-9-11-17(15(3)4)18(16)21(5)19(20)12-7-6-8-13-19/h9-11,14-15H,6-8,12-13H2,1-5H3. The predicted molar refractivity (Wildman–Crippen MR) is 103 cm³/mol. The van der Waals surface area contributed by atoms with Gasteiger partial charge in [-0.25, -0.2) is 0 Å². The maximum absolute atomic E-state index is 2.73. The number of benzene rings is 1. The van der Waals surface area contributed by atoms with Crippen LogP contribution in [-0.4, -0.2) is 10.6 Å². The van der Waals surface area contributed by atoms with Crippen molar-refractivity contribution in [3.8, 4) is 0 Å². The van der Waals surface area contributed by atoms with Crippen LogP contribution in [0.5, 0.6) is 0 Å². The van der Waals surface area contributed by atoms with Gasteiger partial charge in [-0.3, -0.25) is 0 Å². The monoisotopic (exact) mass is 399 g/mol. The molecule has 0 aromatic heterocycles. The summed E-state index contributed by atoms with van der Waals surface area (Å²) in [5, 5.41) is 0. The molecule has 0 amide bonds. The van der Waals surface area contributed by atoms with Gasteiger partial charge in [-0.1, -0.05) is 87.7 Å². The Morgan fingerprint density at radius 3 is 1.86 bits per heavy atom. The third-order valence-corrected chi connectivity index (χ3v) is 6.70. The molecule has 1 aliphatic carbocycles. The minimum atomic E-state index is 0.296. The van der Waals surface area contributed by atoms with E-state index in [1.165, 1.54) is 48.9 Å². The third kappa shape index (κ3) is 3.57. The Morgan fingerprint density at radius 2 is 1.43 bits per heavy atom. The summed E-state index contributed by atoms with van der Waals surface area (Å²) in [6, 6.07) is 6.89. The molecule has 0 N–H and O–H groups in total. The van der Waals surface area contributed by atoms with Gasteiger partial charge >= 0.3 is 0 Å². The van der Waals surface area contributed by atoms with Crippen molar-refractivity contribution < 1.29 is 0 Å². The summed E-state index contributed by atoms with van der Waals surface area (Å²) in [5.41, 5.74) is 4.51. The van der Waals surface area contributed by atoms with Gasteiger partial charge in [0.25, 0.3) is 0 Å². The van der Waals surface area contributed by atoms with E-state index in [4.69, 9.17) is 0 Å². The van der Waals surface area contributed by atoms with Crippen molar-refractivity contribution in [3.05, 3.63) is 29.3 Å². The molecule has 1 aromatic rings. The molecular formula is C19H30IN. The van der Waals surface area contributed by atoms with E-state index in [2.05, 4.69) is 80.4 Å². The molecule has 1 saturated carbocycles. The van der Waals surface area contributed by atoms with E-state index in [-0.39, 0.29) is 0 Å². The zero-order chi connectivity index (χ0) is 15.6. The second-order valence-corrected chi connectivity index (χ2v) is 9.14. The second-order valence-electron chi connectivity index (χ2n) is 7.13. The highest BCUT2D eigenvalue weighted by Gasteiger charge is 2.35. The minimum absolute atomic E-state index is 0.296. The summed E-state index contributed by atoms with van der Waals surface area (Å²) in [7, 11) is 2.32. The third-order valence-electron chi connectivity index (χ3n) is 4.90. The number of hydrogen-bond donors (Lipinski definition) is 0. The summed E-state index contributed by atoms with van der Waals surface area (Å²) in [4.78, 5) is 2.61. The van der Waals surface area contributed by atoms with Gasteiger partial charge in [-0.15, -0.1) is 0 Å². The normalized spacial score (nSPS) is 18.3. The molecule has 0 heterocycles. The van der Waals surface area contributed by atoms with Crippen LogP contribution >= 0.6 is 22.6 Å².